The summed E-state index contributed by atoms with van der Waals surface area (Å²) in [5, 5.41) is 16.2. The van der Waals surface area contributed by atoms with E-state index < -0.39 is 91.6 Å². The van der Waals surface area contributed by atoms with Crippen LogP contribution in [0.15, 0.2) is 107 Å². The van der Waals surface area contributed by atoms with Gasteiger partial charge in [-0.05, 0) is 36.4 Å². The molecule has 18 heteroatoms. The minimum absolute atomic E-state index is 0.00891. The predicted octanol–water partition coefficient (Wildman–Crippen LogP) is 8.44. The molecule has 5 aromatic rings. The third kappa shape index (κ3) is 7.63. The van der Waals surface area contributed by atoms with Crippen LogP contribution in [-0.4, -0.2) is 44.1 Å². The Hall–Kier alpha value is -6.50. The molecule has 2 aromatic heterocycles. The molecule has 58 heavy (non-hydrogen) atoms. The number of rotatable bonds is 8. The number of nitrogens with zero attached hydrogens (tertiary/aromatic N) is 6. The summed E-state index contributed by atoms with van der Waals surface area (Å²) in [4.78, 5) is 63.7. The Kier molecular flexibility index (Phi) is 10.6. The van der Waals surface area contributed by atoms with Crippen molar-refractivity contribution in [3.05, 3.63) is 119 Å². The van der Waals surface area contributed by atoms with Gasteiger partial charge >= 0.3 is 12.4 Å². The van der Waals surface area contributed by atoms with Crippen LogP contribution in [-0.2, 0) is 31.5 Å². The number of carbonyl (C=O) groups is 4. The normalized spacial score (nSPS) is 17.2. The molecule has 4 heterocycles. The lowest BCUT2D eigenvalue weighted by Crippen LogP contribution is -2.32. The monoisotopic (exact) mass is 828 g/mol. The average Bonchev–Trinajstić information content (AvgIpc) is 3.64. The number of alkyl halides is 6. The van der Waals surface area contributed by atoms with E-state index in [-0.39, 0.29) is 22.8 Å². The fourth-order valence-electron chi connectivity index (χ4n) is 6.35. The zero-order chi connectivity index (χ0) is 41.5. The molecule has 0 radical (unpaired) electrons. The van der Waals surface area contributed by atoms with E-state index in [1.165, 1.54) is 60.7 Å². The number of aromatic nitrogens is 2. The van der Waals surface area contributed by atoms with Gasteiger partial charge in [0.1, 0.15) is 22.2 Å². The van der Waals surface area contributed by atoms with Crippen LogP contribution in [0.1, 0.15) is 35.1 Å². The molecule has 2 unspecified atom stereocenters. The standard InChI is InChI=1S/C40H22F6N6O4S2/c41-39(42,43)27-15-29(21-7-3-1-4-8-21)49-35(25(27)19-47)57-31-17-33(53)51(37(31)55)23-11-13-24(14-12-23)52-34(54)18-32(38(52)56)58-36-26(20-48)28(40(44,45)46)16-30(50-36)22-9-5-2-6-10-22/h1-16,31-32H,17-18H2. The molecule has 0 spiro atoms. The lowest BCUT2D eigenvalue weighted by Gasteiger charge is -2.19. The van der Waals surface area contributed by atoms with Crippen LogP contribution in [0.5, 0.6) is 0 Å². The van der Waals surface area contributed by atoms with Crippen LogP contribution < -0.4 is 9.80 Å². The Morgan fingerprint density at radius 2 is 0.914 bits per heavy atom. The van der Waals surface area contributed by atoms with Crippen molar-refractivity contribution in [1.82, 2.24) is 9.97 Å². The molecule has 3 aromatic carbocycles. The molecule has 4 amide bonds. The van der Waals surface area contributed by atoms with E-state index in [0.29, 0.717) is 34.7 Å². The average molecular weight is 829 g/mol. The van der Waals surface area contributed by atoms with Gasteiger partial charge in [0.25, 0.3) is 0 Å². The van der Waals surface area contributed by atoms with Crippen LogP contribution in [0.4, 0.5) is 37.7 Å². The summed E-state index contributed by atoms with van der Waals surface area (Å²) in [5.41, 5.74) is -3.65. The summed E-state index contributed by atoms with van der Waals surface area (Å²) in [6, 6.07) is 25.4. The van der Waals surface area contributed by atoms with E-state index in [4.69, 9.17) is 0 Å². The van der Waals surface area contributed by atoms with E-state index in [2.05, 4.69) is 9.97 Å². The van der Waals surface area contributed by atoms with Crippen molar-refractivity contribution in [2.45, 2.75) is 45.7 Å². The first-order valence-corrected chi connectivity index (χ1v) is 18.7. The number of anilines is 2. The van der Waals surface area contributed by atoms with Crippen LogP contribution in [0.3, 0.4) is 0 Å². The number of thioether (sulfide) groups is 2. The van der Waals surface area contributed by atoms with E-state index in [0.717, 1.165) is 21.9 Å². The van der Waals surface area contributed by atoms with Gasteiger partial charge in [0.15, 0.2) is 0 Å². The lowest BCUT2D eigenvalue weighted by molar-refractivity contribution is -0.138. The first kappa shape index (κ1) is 39.7. The minimum atomic E-state index is -4.94. The van der Waals surface area contributed by atoms with Gasteiger partial charge in [-0.15, -0.1) is 0 Å². The molecule has 0 N–H and O–H groups in total. The van der Waals surface area contributed by atoms with Crippen LogP contribution in [0.25, 0.3) is 22.5 Å². The molecule has 2 atom stereocenters. The highest BCUT2D eigenvalue weighted by atomic mass is 32.2. The Morgan fingerprint density at radius 1 is 0.569 bits per heavy atom. The highest BCUT2D eigenvalue weighted by molar-refractivity contribution is 8.01. The van der Waals surface area contributed by atoms with Crippen molar-refractivity contribution in [3.8, 4) is 34.7 Å². The summed E-state index contributed by atoms with van der Waals surface area (Å²) in [7, 11) is 0. The second-order valence-electron chi connectivity index (χ2n) is 12.7. The zero-order valence-corrected chi connectivity index (χ0v) is 30.8. The molecule has 0 saturated carbocycles. The van der Waals surface area contributed by atoms with Gasteiger partial charge in [0.2, 0.25) is 23.6 Å². The Bertz CT molecular complexity index is 2400. The molecule has 290 valence electrons. The molecular formula is C40H22F6N6O4S2. The zero-order valence-electron chi connectivity index (χ0n) is 29.2. The first-order valence-electron chi connectivity index (χ1n) is 16.9. The number of carbonyl (C=O) groups excluding carboxylic acids is 4. The first-order chi connectivity index (χ1) is 27.6. The number of nitriles is 2. The number of hydrogen-bond acceptors (Lipinski definition) is 10. The topological polar surface area (TPSA) is 148 Å². The van der Waals surface area contributed by atoms with Crippen molar-refractivity contribution in [3.63, 3.8) is 0 Å². The SMILES string of the molecule is N#Cc1c(C(F)(F)F)cc(-c2ccccc2)nc1SC1CC(=O)N(c2ccc(N3C(=O)CC(Sc4nc(-c5ccccc5)cc(C(F)(F)F)c4C#N)C3=O)cc2)C1=O. The van der Waals surface area contributed by atoms with Crippen molar-refractivity contribution in [2.75, 3.05) is 9.80 Å². The fourth-order valence-corrected chi connectivity index (χ4v) is 8.60. The van der Waals surface area contributed by atoms with Crippen LogP contribution in [0, 0.1) is 22.7 Å². The quantitative estimate of drug-likeness (QED) is 0.110. The van der Waals surface area contributed by atoms with Gasteiger partial charge in [-0.2, -0.15) is 36.9 Å². The third-order valence-corrected chi connectivity index (χ3v) is 11.4. The molecule has 2 aliphatic heterocycles. The lowest BCUT2D eigenvalue weighted by atomic mass is 10.1. The molecule has 2 aliphatic rings. The van der Waals surface area contributed by atoms with Gasteiger partial charge < -0.3 is 0 Å². The molecule has 2 saturated heterocycles. The Labute approximate surface area is 333 Å². The number of hydrogen-bond donors (Lipinski definition) is 0. The number of imide groups is 2. The fraction of sp³-hybridized carbons (Fsp3) is 0.150. The predicted molar refractivity (Wildman–Crippen MR) is 199 cm³/mol. The molecule has 2 fully saturated rings. The second kappa shape index (κ2) is 15.4. The summed E-state index contributed by atoms with van der Waals surface area (Å²) in [6.45, 7) is 0. The van der Waals surface area contributed by atoms with E-state index in [1.54, 1.807) is 36.4 Å². The van der Waals surface area contributed by atoms with Gasteiger partial charge in [0.05, 0.1) is 55.5 Å². The van der Waals surface area contributed by atoms with Gasteiger partial charge in [-0.3, -0.25) is 19.2 Å². The number of pyridine rings is 2. The van der Waals surface area contributed by atoms with Crippen molar-refractivity contribution < 1.29 is 45.5 Å². The second-order valence-corrected chi connectivity index (χ2v) is 15.1. The number of amides is 4. The highest BCUT2D eigenvalue weighted by Gasteiger charge is 2.45. The minimum Gasteiger partial charge on any atom is -0.274 e. The largest absolute Gasteiger partial charge is 0.417 e. The summed E-state index contributed by atoms with van der Waals surface area (Å²) >= 11 is 1.10. The van der Waals surface area contributed by atoms with Crippen LogP contribution in [0.2, 0.25) is 0 Å². The third-order valence-electron chi connectivity index (χ3n) is 9.03. The van der Waals surface area contributed by atoms with Gasteiger partial charge in [0, 0.05) is 24.0 Å². The maximum absolute atomic E-state index is 14.1. The summed E-state index contributed by atoms with van der Waals surface area (Å²) < 4.78 is 84.6. The van der Waals surface area contributed by atoms with E-state index >= 15 is 0 Å². The molecule has 0 bridgehead atoms. The molecule has 7 rings (SSSR count). The van der Waals surface area contributed by atoms with Gasteiger partial charge in [-0.25, -0.2) is 19.8 Å². The maximum atomic E-state index is 14.1. The van der Waals surface area contributed by atoms with Gasteiger partial charge in [-0.1, -0.05) is 84.2 Å². The van der Waals surface area contributed by atoms with E-state index in [9.17, 15) is 56.0 Å². The number of halogens is 6. The Balaban J connectivity index is 1.12. The molecular weight excluding hydrogens is 807 g/mol. The molecule has 10 nitrogen and oxygen atoms in total. The molecule has 0 aliphatic carbocycles. The number of benzene rings is 3. The highest BCUT2D eigenvalue weighted by Crippen LogP contribution is 2.43. The Morgan fingerprint density at radius 3 is 1.22 bits per heavy atom. The maximum Gasteiger partial charge on any atom is 0.417 e. The smallest absolute Gasteiger partial charge is 0.274 e. The summed E-state index contributed by atoms with van der Waals surface area (Å²) in [5.74, 6) is -3.06. The van der Waals surface area contributed by atoms with Crippen molar-refractivity contribution in [1.29, 1.82) is 10.5 Å². The van der Waals surface area contributed by atoms with Crippen LogP contribution >= 0.6 is 23.5 Å². The summed E-state index contributed by atoms with van der Waals surface area (Å²) in [6.07, 6.45) is -10.8. The van der Waals surface area contributed by atoms with Crippen molar-refractivity contribution >= 4 is 58.5 Å². The van der Waals surface area contributed by atoms with Crippen molar-refractivity contribution in [2.24, 2.45) is 0 Å². The van der Waals surface area contributed by atoms with E-state index in [1.807, 2.05) is 0 Å².